The molecule has 28 heavy (non-hydrogen) atoms. The number of amides is 2. The van der Waals surface area contributed by atoms with Gasteiger partial charge in [-0.2, -0.15) is 0 Å². The van der Waals surface area contributed by atoms with Crippen LogP contribution in [0.3, 0.4) is 0 Å². The van der Waals surface area contributed by atoms with Gasteiger partial charge in [-0.1, -0.05) is 0 Å². The van der Waals surface area contributed by atoms with Gasteiger partial charge in [-0.15, -0.1) is 0 Å². The maximum Gasteiger partial charge on any atom is 0.273 e. The minimum atomic E-state index is -0.656. The second kappa shape index (κ2) is 8.09. The summed E-state index contributed by atoms with van der Waals surface area (Å²) in [4.78, 5) is 37.4. The molecule has 2 aromatic rings. The summed E-state index contributed by atoms with van der Waals surface area (Å²) in [5.74, 6) is -0.201. The van der Waals surface area contributed by atoms with Crippen LogP contribution in [-0.2, 0) is 4.74 Å². The van der Waals surface area contributed by atoms with Crippen molar-refractivity contribution in [3.63, 3.8) is 0 Å². The smallest absolute Gasteiger partial charge is 0.273 e. The quantitative estimate of drug-likeness (QED) is 0.603. The molecule has 1 aliphatic heterocycles. The standard InChI is InChI=1S/C18H20N4O6/c1-11-9-14(12(2)28-11)17(23)19-20-18(24)15-10-13(22(25)26)3-4-16(15)21-5-7-27-8-6-21/h3-4,9-10H,5-8H2,1-2H3,(H,19,23)(H,20,24). The molecule has 1 saturated heterocycles. The number of hydrogen-bond acceptors (Lipinski definition) is 7. The number of carbonyl (C=O) groups excluding carboxylic acids is 2. The average Bonchev–Trinajstić information content (AvgIpc) is 3.04. The topological polar surface area (TPSA) is 127 Å². The number of nitro benzene ring substituents is 1. The molecule has 148 valence electrons. The number of carbonyl (C=O) groups is 2. The third-order valence-corrected chi connectivity index (χ3v) is 4.36. The molecule has 3 rings (SSSR count). The Hall–Kier alpha value is -3.40. The van der Waals surface area contributed by atoms with Gasteiger partial charge in [-0.3, -0.25) is 30.6 Å². The van der Waals surface area contributed by atoms with Crippen LogP contribution in [0.1, 0.15) is 32.2 Å². The molecule has 1 aromatic carbocycles. The number of nitrogens with zero attached hydrogens (tertiary/aromatic N) is 2. The number of non-ortho nitro benzene ring substituents is 1. The number of anilines is 1. The summed E-state index contributed by atoms with van der Waals surface area (Å²) in [5.41, 5.74) is 5.35. The molecule has 1 aromatic heterocycles. The lowest BCUT2D eigenvalue weighted by atomic mass is 10.1. The summed E-state index contributed by atoms with van der Waals surface area (Å²) in [6.45, 7) is 5.44. The van der Waals surface area contributed by atoms with Crippen molar-refractivity contribution in [2.75, 3.05) is 31.2 Å². The lowest BCUT2D eigenvalue weighted by Gasteiger charge is -2.30. The van der Waals surface area contributed by atoms with Gasteiger partial charge in [-0.05, 0) is 26.0 Å². The first kappa shape index (κ1) is 19.4. The Balaban J connectivity index is 1.80. The molecule has 0 spiro atoms. The lowest BCUT2D eigenvalue weighted by molar-refractivity contribution is -0.384. The first-order valence-corrected chi connectivity index (χ1v) is 8.65. The van der Waals surface area contributed by atoms with E-state index in [0.717, 1.165) is 0 Å². The molecule has 0 bridgehead atoms. The van der Waals surface area contributed by atoms with E-state index in [4.69, 9.17) is 9.15 Å². The van der Waals surface area contributed by atoms with E-state index in [-0.39, 0.29) is 11.3 Å². The number of hydrazine groups is 1. The summed E-state index contributed by atoms with van der Waals surface area (Å²) < 4.78 is 10.6. The Labute approximate surface area is 160 Å². The second-order valence-electron chi connectivity index (χ2n) is 6.29. The zero-order chi connectivity index (χ0) is 20.3. The van der Waals surface area contributed by atoms with Gasteiger partial charge in [-0.25, -0.2) is 0 Å². The van der Waals surface area contributed by atoms with Crippen LogP contribution in [0, 0.1) is 24.0 Å². The lowest BCUT2D eigenvalue weighted by Crippen LogP contribution is -2.43. The Morgan fingerprint density at radius 3 is 2.29 bits per heavy atom. The Bertz CT molecular complexity index is 917. The van der Waals surface area contributed by atoms with E-state index in [2.05, 4.69) is 10.9 Å². The summed E-state index contributed by atoms with van der Waals surface area (Å²) in [6.07, 6.45) is 0. The predicted molar refractivity (Wildman–Crippen MR) is 99.2 cm³/mol. The van der Waals surface area contributed by atoms with E-state index >= 15 is 0 Å². The van der Waals surface area contributed by atoms with Crippen LogP contribution >= 0.6 is 0 Å². The van der Waals surface area contributed by atoms with Gasteiger partial charge in [0.05, 0.1) is 35.0 Å². The van der Waals surface area contributed by atoms with Crippen LogP contribution in [0.2, 0.25) is 0 Å². The normalized spacial score (nSPS) is 13.9. The van der Waals surface area contributed by atoms with Gasteiger partial charge in [0.2, 0.25) is 0 Å². The van der Waals surface area contributed by atoms with Crippen molar-refractivity contribution in [1.29, 1.82) is 0 Å². The number of nitrogens with one attached hydrogen (secondary N) is 2. The molecule has 0 radical (unpaired) electrons. The molecule has 0 aliphatic carbocycles. The van der Waals surface area contributed by atoms with Crippen molar-refractivity contribution in [3.05, 3.63) is 57.0 Å². The summed E-state index contributed by atoms with van der Waals surface area (Å²) in [6, 6.07) is 5.63. The number of ether oxygens (including phenoxy) is 1. The zero-order valence-electron chi connectivity index (χ0n) is 15.5. The van der Waals surface area contributed by atoms with Gasteiger partial charge in [0, 0.05) is 25.2 Å². The van der Waals surface area contributed by atoms with Crippen molar-refractivity contribution in [1.82, 2.24) is 10.9 Å². The van der Waals surface area contributed by atoms with E-state index in [9.17, 15) is 19.7 Å². The van der Waals surface area contributed by atoms with E-state index in [1.54, 1.807) is 19.9 Å². The van der Waals surface area contributed by atoms with Crippen molar-refractivity contribution < 1.29 is 23.7 Å². The average molecular weight is 388 g/mol. The molecule has 1 fully saturated rings. The number of furan rings is 1. The first-order chi connectivity index (χ1) is 13.4. The highest BCUT2D eigenvalue weighted by molar-refractivity contribution is 6.03. The van der Waals surface area contributed by atoms with Gasteiger partial charge in [0.25, 0.3) is 17.5 Å². The van der Waals surface area contributed by atoms with Crippen LogP contribution in [0.15, 0.2) is 28.7 Å². The fourth-order valence-electron chi connectivity index (χ4n) is 3.00. The van der Waals surface area contributed by atoms with Crippen LogP contribution < -0.4 is 15.8 Å². The van der Waals surface area contributed by atoms with Gasteiger partial charge in [0.1, 0.15) is 11.5 Å². The molecule has 2 amide bonds. The number of morpholine rings is 1. The third kappa shape index (κ3) is 4.12. The molecule has 10 heteroatoms. The highest BCUT2D eigenvalue weighted by Crippen LogP contribution is 2.26. The Morgan fingerprint density at radius 1 is 1.07 bits per heavy atom. The van der Waals surface area contributed by atoms with Gasteiger partial charge in [0.15, 0.2) is 0 Å². The first-order valence-electron chi connectivity index (χ1n) is 8.65. The molecular weight excluding hydrogens is 368 g/mol. The largest absolute Gasteiger partial charge is 0.466 e. The summed E-state index contributed by atoms with van der Waals surface area (Å²) in [7, 11) is 0. The number of aryl methyl sites for hydroxylation is 2. The fraction of sp³-hybridized carbons (Fsp3) is 0.333. The van der Waals surface area contributed by atoms with Crippen LogP contribution in [-0.4, -0.2) is 43.0 Å². The van der Waals surface area contributed by atoms with Crippen molar-refractivity contribution in [3.8, 4) is 0 Å². The highest BCUT2D eigenvalue weighted by atomic mass is 16.6. The van der Waals surface area contributed by atoms with E-state index in [1.165, 1.54) is 18.2 Å². The molecule has 0 saturated carbocycles. The fourth-order valence-corrected chi connectivity index (χ4v) is 3.00. The molecule has 0 atom stereocenters. The van der Waals surface area contributed by atoms with E-state index in [0.29, 0.717) is 49.1 Å². The molecule has 2 heterocycles. The number of hydrogen-bond donors (Lipinski definition) is 2. The molecule has 0 unspecified atom stereocenters. The molecule has 2 N–H and O–H groups in total. The summed E-state index contributed by atoms with van der Waals surface area (Å²) >= 11 is 0. The Kier molecular flexibility index (Phi) is 5.59. The molecular formula is C18H20N4O6. The SMILES string of the molecule is Cc1cc(C(=O)NNC(=O)c2cc([N+](=O)[O-])ccc2N2CCOCC2)c(C)o1. The van der Waals surface area contributed by atoms with E-state index in [1.807, 2.05) is 4.90 Å². The third-order valence-electron chi connectivity index (χ3n) is 4.36. The summed E-state index contributed by atoms with van der Waals surface area (Å²) in [5, 5.41) is 11.1. The zero-order valence-corrected chi connectivity index (χ0v) is 15.5. The number of nitro groups is 1. The minimum Gasteiger partial charge on any atom is -0.466 e. The highest BCUT2D eigenvalue weighted by Gasteiger charge is 2.23. The second-order valence-corrected chi connectivity index (χ2v) is 6.29. The Morgan fingerprint density at radius 2 is 1.71 bits per heavy atom. The van der Waals surface area contributed by atoms with Crippen LogP contribution in [0.4, 0.5) is 11.4 Å². The van der Waals surface area contributed by atoms with Crippen LogP contribution in [0.25, 0.3) is 0 Å². The predicted octanol–water partition coefficient (Wildman–Crippen LogP) is 1.72. The van der Waals surface area contributed by atoms with Gasteiger partial charge >= 0.3 is 0 Å². The number of rotatable bonds is 4. The maximum atomic E-state index is 12.7. The van der Waals surface area contributed by atoms with E-state index < -0.39 is 16.7 Å². The van der Waals surface area contributed by atoms with Crippen molar-refractivity contribution in [2.45, 2.75) is 13.8 Å². The van der Waals surface area contributed by atoms with Crippen molar-refractivity contribution >= 4 is 23.2 Å². The minimum absolute atomic E-state index is 0.0940. The maximum absolute atomic E-state index is 12.7. The number of benzene rings is 1. The monoisotopic (exact) mass is 388 g/mol. The molecule has 10 nitrogen and oxygen atoms in total. The van der Waals surface area contributed by atoms with Gasteiger partial charge < -0.3 is 14.1 Å². The molecule has 1 aliphatic rings. The van der Waals surface area contributed by atoms with Crippen molar-refractivity contribution in [2.24, 2.45) is 0 Å². The van der Waals surface area contributed by atoms with Crippen LogP contribution in [0.5, 0.6) is 0 Å².